The van der Waals surface area contributed by atoms with Crippen LogP contribution in [0.5, 0.6) is 0 Å². The molecule has 1 saturated carbocycles. The lowest BCUT2D eigenvalue weighted by Crippen LogP contribution is -2.40. The SMILES string of the molecule is CCS(=O)(=O)NCCc1ccc(S(=O)(=O)NC2CCC(N)CC2)s1. The lowest BCUT2D eigenvalue weighted by molar-refractivity contribution is 0.374. The van der Waals surface area contributed by atoms with Crippen molar-refractivity contribution in [3.05, 3.63) is 17.0 Å². The van der Waals surface area contributed by atoms with Crippen molar-refractivity contribution < 1.29 is 16.8 Å². The molecule has 10 heteroatoms. The van der Waals surface area contributed by atoms with E-state index in [9.17, 15) is 16.8 Å². The van der Waals surface area contributed by atoms with E-state index in [1.54, 1.807) is 19.1 Å². The molecule has 1 aliphatic carbocycles. The summed E-state index contributed by atoms with van der Waals surface area (Å²) in [4.78, 5) is 0.833. The van der Waals surface area contributed by atoms with E-state index in [2.05, 4.69) is 9.44 Å². The maximum absolute atomic E-state index is 12.4. The van der Waals surface area contributed by atoms with Crippen molar-refractivity contribution in [2.45, 2.75) is 55.3 Å². The molecule has 7 nitrogen and oxygen atoms in total. The Morgan fingerprint density at radius 2 is 1.83 bits per heavy atom. The van der Waals surface area contributed by atoms with Crippen LogP contribution in [0.4, 0.5) is 0 Å². The zero-order valence-electron chi connectivity index (χ0n) is 13.7. The van der Waals surface area contributed by atoms with Gasteiger partial charge in [-0.15, -0.1) is 11.3 Å². The van der Waals surface area contributed by atoms with Gasteiger partial charge in [-0.2, -0.15) is 0 Å². The predicted molar refractivity (Wildman–Crippen MR) is 96.0 cm³/mol. The second-order valence-electron chi connectivity index (χ2n) is 6.00. The van der Waals surface area contributed by atoms with Crippen LogP contribution in [0.1, 0.15) is 37.5 Å². The molecular weight excluding hydrogens is 370 g/mol. The van der Waals surface area contributed by atoms with Crippen molar-refractivity contribution in [1.29, 1.82) is 0 Å². The summed E-state index contributed by atoms with van der Waals surface area (Å²) >= 11 is 1.18. The van der Waals surface area contributed by atoms with Crippen LogP contribution in [0.3, 0.4) is 0 Å². The van der Waals surface area contributed by atoms with Crippen molar-refractivity contribution in [2.24, 2.45) is 5.73 Å². The molecule has 4 N–H and O–H groups in total. The van der Waals surface area contributed by atoms with Crippen LogP contribution >= 0.6 is 11.3 Å². The van der Waals surface area contributed by atoms with Crippen LogP contribution in [0.25, 0.3) is 0 Å². The third kappa shape index (κ3) is 5.78. The van der Waals surface area contributed by atoms with Gasteiger partial charge in [0.15, 0.2) is 0 Å². The number of hydrogen-bond donors (Lipinski definition) is 3. The Kier molecular flexibility index (Phi) is 6.80. The van der Waals surface area contributed by atoms with Gasteiger partial charge in [-0.25, -0.2) is 26.3 Å². The molecule has 1 heterocycles. The third-order valence-electron chi connectivity index (χ3n) is 4.07. The molecule has 0 unspecified atom stereocenters. The van der Waals surface area contributed by atoms with Gasteiger partial charge in [0.25, 0.3) is 0 Å². The van der Waals surface area contributed by atoms with Crippen molar-refractivity contribution in [2.75, 3.05) is 12.3 Å². The molecule has 0 spiro atoms. The number of thiophene rings is 1. The predicted octanol–water partition coefficient (Wildman–Crippen LogP) is 0.778. The summed E-state index contributed by atoms with van der Waals surface area (Å²) in [6, 6.07) is 3.42. The monoisotopic (exact) mass is 395 g/mol. The van der Waals surface area contributed by atoms with Gasteiger partial charge in [0.2, 0.25) is 20.0 Å². The van der Waals surface area contributed by atoms with Gasteiger partial charge in [-0.05, 0) is 51.2 Å². The highest BCUT2D eigenvalue weighted by Crippen LogP contribution is 2.24. The van der Waals surface area contributed by atoms with E-state index in [1.165, 1.54) is 11.3 Å². The second-order valence-corrected chi connectivity index (χ2v) is 11.2. The van der Waals surface area contributed by atoms with Gasteiger partial charge in [-0.3, -0.25) is 0 Å². The first-order valence-corrected chi connectivity index (χ1v) is 12.0. The molecule has 0 radical (unpaired) electrons. The Morgan fingerprint density at radius 1 is 1.17 bits per heavy atom. The minimum atomic E-state index is -3.53. The van der Waals surface area contributed by atoms with E-state index in [4.69, 9.17) is 5.73 Å². The standard InChI is InChI=1S/C14H25N3O4S3/c1-2-23(18,19)16-10-9-13-7-8-14(22-13)24(20,21)17-12-5-3-11(15)4-6-12/h7-8,11-12,16-17H,2-6,9-10,15H2,1H3. The number of nitrogens with two attached hydrogens (primary N) is 1. The number of nitrogens with one attached hydrogen (secondary N) is 2. The Labute approximate surface area is 148 Å². The van der Waals surface area contributed by atoms with Gasteiger partial charge in [-0.1, -0.05) is 0 Å². The maximum Gasteiger partial charge on any atom is 0.250 e. The Morgan fingerprint density at radius 3 is 2.46 bits per heavy atom. The fourth-order valence-electron chi connectivity index (χ4n) is 2.58. The summed E-state index contributed by atoms with van der Waals surface area (Å²) in [7, 11) is -6.75. The zero-order chi connectivity index (χ0) is 17.8. The highest BCUT2D eigenvalue weighted by atomic mass is 32.2. The van der Waals surface area contributed by atoms with Crippen molar-refractivity contribution >= 4 is 31.4 Å². The Bertz CT molecular complexity index is 735. The molecule has 0 atom stereocenters. The Balaban J connectivity index is 1.91. The lowest BCUT2D eigenvalue weighted by Gasteiger charge is -2.26. The first-order valence-electron chi connectivity index (χ1n) is 8.06. The highest BCUT2D eigenvalue weighted by molar-refractivity contribution is 7.91. The average Bonchev–Trinajstić information content (AvgIpc) is 2.99. The minimum Gasteiger partial charge on any atom is -0.328 e. The van der Waals surface area contributed by atoms with E-state index in [-0.39, 0.29) is 28.6 Å². The quantitative estimate of drug-likeness (QED) is 0.601. The van der Waals surface area contributed by atoms with E-state index in [0.29, 0.717) is 6.42 Å². The first-order chi connectivity index (χ1) is 11.2. The van der Waals surface area contributed by atoms with Crippen molar-refractivity contribution in [3.8, 4) is 0 Å². The van der Waals surface area contributed by atoms with Crippen molar-refractivity contribution in [3.63, 3.8) is 0 Å². The molecule has 1 aromatic rings. The molecule has 1 fully saturated rings. The van der Waals surface area contributed by atoms with Crippen LogP contribution < -0.4 is 15.2 Å². The molecule has 0 aliphatic heterocycles. The molecule has 0 amide bonds. The minimum absolute atomic E-state index is 0.0338. The first kappa shape index (κ1) is 19.8. The fourth-order valence-corrected chi connectivity index (χ4v) is 5.88. The van der Waals surface area contributed by atoms with Crippen LogP contribution in [0.2, 0.25) is 0 Å². The summed E-state index contributed by atoms with van der Waals surface area (Å²) in [6.45, 7) is 1.84. The molecule has 24 heavy (non-hydrogen) atoms. The summed E-state index contributed by atoms with van der Waals surface area (Å²) in [5.41, 5.74) is 5.84. The van der Waals surface area contributed by atoms with Gasteiger partial charge < -0.3 is 5.73 Å². The number of hydrogen-bond acceptors (Lipinski definition) is 6. The second kappa shape index (κ2) is 8.24. The van der Waals surface area contributed by atoms with Gasteiger partial charge in [0.1, 0.15) is 4.21 Å². The molecular formula is C14H25N3O4S3. The highest BCUT2D eigenvalue weighted by Gasteiger charge is 2.25. The van der Waals surface area contributed by atoms with Gasteiger partial charge in [0.05, 0.1) is 5.75 Å². The normalized spacial score (nSPS) is 22.6. The summed E-state index contributed by atoms with van der Waals surface area (Å²) in [5.74, 6) is 0.0338. The van der Waals surface area contributed by atoms with E-state index in [1.807, 2.05) is 0 Å². The maximum atomic E-state index is 12.4. The largest absolute Gasteiger partial charge is 0.328 e. The number of rotatable bonds is 8. The lowest BCUT2D eigenvalue weighted by atomic mass is 9.93. The van der Waals surface area contributed by atoms with Crippen LogP contribution in [0, 0.1) is 0 Å². The van der Waals surface area contributed by atoms with Gasteiger partial charge >= 0.3 is 0 Å². The van der Waals surface area contributed by atoms with E-state index in [0.717, 1.165) is 30.6 Å². The molecule has 0 aromatic carbocycles. The molecule has 0 bridgehead atoms. The summed E-state index contributed by atoms with van der Waals surface area (Å²) < 4.78 is 53.1. The van der Waals surface area contributed by atoms with E-state index < -0.39 is 20.0 Å². The molecule has 138 valence electrons. The fraction of sp³-hybridized carbons (Fsp3) is 0.714. The van der Waals surface area contributed by atoms with Crippen LogP contribution in [-0.4, -0.2) is 41.2 Å². The summed E-state index contributed by atoms with van der Waals surface area (Å²) in [6.07, 6.45) is 3.66. The number of sulfonamides is 2. The zero-order valence-corrected chi connectivity index (χ0v) is 16.1. The summed E-state index contributed by atoms with van der Waals surface area (Å²) in [5, 5.41) is 0. The topological polar surface area (TPSA) is 118 Å². The Hall–Kier alpha value is -0.520. The van der Waals surface area contributed by atoms with Crippen LogP contribution in [0.15, 0.2) is 16.3 Å². The molecule has 1 aliphatic rings. The van der Waals surface area contributed by atoms with Crippen LogP contribution in [-0.2, 0) is 26.5 Å². The molecule has 1 aromatic heterocycles. The van der Waals surface area contributed by atoms with Gasteiger partial charge in [0, 0.05) is 23.5 Å². The van der Waals surface area contributed by atoms with Crippen molar-refractivity contribution in [1.82, 2.24) is 9.44 Å². The average molecular weight is 396 g/mol. The van der Waals surface area contributed by atoms with E-state index >= 15 is 0 Å². The molecule has 2 rings (SSSR count). The third-order valence-corrected chi connectivity index (χ3v) is 8.63. The smallest absolute Gasteiger partial charge is 0.250 e. The molecule has 0 saturated heterocycles.